The van der Waals surface area contributed by atoms with E-state index >= 15 is 0 Å². The third-order valence-electron chi connectivity index (χ3n) is 3.54. The fourth-order valence-corrected chi connectivity index (χ4v) is 3.35. The van der Waals surface area contributed by atoms with Crippen molar-refractivity contribution in [1.29, 1.82) is 5.41 Å². The number of anilines is 1. The Bertz CT molecular complexity index is 1030. The molecule has 3 rings (SSSR count). The predicted octanol–water partition coefficient (Wildman–Crippen LogP) is 5.18. The number of benzene rings is 2. The van der Waals surface area contributed by atoms with Crippen LogP contribution >= 0.6 is 23.1 Å². The number of aromatic nitrogens is 1. The second-order valence-corrected chi connectivity index (χ2v) is 7.24. The zero-order valence-electron chi connectivity index (χ0n) is 14.8. The van der Waals surface area contributed by atoms with Crippen molar-refractivity contribution < 1.29 is 9.13 Å². The first-order valence-corrected chi connectivity index (χ1v) is 9.40. The Labute approximate surface area is 165 Å². The molecule has 0 aliphatic rings. The van der Waals surface area contributed by atoms with Crippen LogP contribution in [0, 0.1) is 18.2 Å². The molecular formula is C19H18ClFN4OS. The van der Waals surface area contributed by atoms with Crippen LogP contribution in [-0.4, -0.2) is 16.5 Å². The molecule has 0 saturated heterocycles. The van der Waals surface area contributed by atoms with Crippen LogP contribution in [0.2, 0.25) is 5.02 Å². The van der Waals surface area contributed by atoms with Crippen molar-refractivity contribution in [3.05, 3.63) is 69.7 Å². The Balaban J connectivity index is 2.01. The van der Waals surface area contributed by atoms with Crippen LogP contribution in [0.4, 0.5) is 15.8 Å². The molecule has 2 N–H and O–H groups in total. The number of hydrogen-bond donors (Lipinski definition) is 2. The smallest absolute Gasteiger partial charge is 0.223 e. The van der Waals surface area contributed by atoms with Crippen LogP contribution in [0.5, 0.6) is 5.75 Å². The maximum Gasteiger partial charge on any atom is 0.223 e. The second-order valence-electron chi connectivity index (χ2n) is 5.64. The molecule has 8 heteroatoms. The van der Waals surface area contributed by atoms with E-state index in [1.54, 1.807) is 10.0 Å². The molecule has 0 radical (unpaired) electrons. The molecule has 0 spiro atoms. The third kappa shape index (κ3) is 4.75. The Hall–Kier alpha value is -2.64. The van der Waals surface area contributed by atoms with E-state index in [0.717, 1.165) is 16.3 Å². The van der Waals surface area contributed by atoms with Gasteiger partial charge in [-0.15, -0.1) is 0 Å². The highest BCUT2D eigenvalue weighted by Gasteiger charge is 2.10. The first kappa shape index (κ1) is 19.1. The molecule has 0 aliphatic heterocycles. The van der Waals surface area contributed by atoms with E-state index in [1.807, 2.05) is 38.1 Å². The fraction of sp³-hybridized carbons (Fsp3) is 0.158. The number of aliphatic imine (C=N–C) groups is 1. The van der Waals surface area contributed by atoms with Crippen molar-refractivity contribution in [2.45, 2.75) is 13.8 Å². The average Bonchev–Trinajstić information content (AvgIpc) is 2.96. The summed E-state index contributed by atoms with van der Waals surface area (Å²) in [5, 5.41) is 11.6. The maximum atomic E-state index is 13.3. The minimum absolute atomic E-state index is 0.196. The Morgan fingerprint density at radius 3 is 2.59 bits per heavy atom. The normalized spacial score (nSPS) is 11.5. The number of aryl methyl sites for hydroxylation is 1. The quantitative estimate of drug-likeness (QED) is 0.465. The summed E-state index contributed by atoms with van der Waals surface area (Å²) < 4.78 is 20.4. The topological polar surface area (TPSA) is 62.4 Å². The van der Waals surface area contributed by atoms with Crippen molar-refractivity contribution in [1.82, 2.24) is 3.96 Å². The summed E-state index contributed by atoms with van der Waals surface area (Å²) in [4.78, 5) is 5.49. The van der Waals surface area contributed by atoms with Crippen LogP contribution in [0.15, 0.2) is 53.5 Å². The van der Waals surface area contributed by atoms with Crippen molar-refractivity contribution >= 4 is 40.5 Å². The molecule has 0 atom stereocenters. The highest BCUT2D eigenvalue weighted by Crippen LogP contribution is 2.26. The number of nitrogens with one attached hydrogen (secondary N) is 2. The summed E-state index contributed by atoms with van der Waals surface area (Å²) in [6.07, 6.45) is 0. The van der Waals surface area contributed by atoms with Gasteiger partial charge in [-0.1, -0.05) is 23.1 Å². The van der Waals surface area contributed by atoms with Crippen LogP contribution in [-0.2, 0) is 0 Å². The third-order valence-corrected chi connectivity index (χ3v) is 4.80. The molecule has 0 amide bonds. The van der Waals surface area contributed by atoms with E-state index in [9.17, 15) is 4.39 Å². The number of halogens is 2. The van der Waals surface area contributed by atoms with Crippen molar-refractivity contribution in [3.63, 3.8) is 0 Å². The Morgan fingerprint density at radius 1 is 1.26 bits per heavy atom. The Kier molecular flexibility index (Phi) is 5.93. The number of hydrogen-bond acceptors (Lipinski definition) is 4. The number of ether oxygens (including phenoxy) is 1. The van der Waals surface area contributed by atoms with E-state index in [4.69, 9.17) is 21.7 Å². The molecular weight excluding hydrogens is 387 g/mol. The molecule has 2 aromatic carbocycles. The SMILES string of the molecule is CCOc1ccc(NC(=Nc2ccc(F)cc2Cl)n2sc(C)cc2=N)cc1. The Morgan fingerprint density at radius 2 is 2.00 bits per heavy atom. The molecule has 0 bridgehead atoms. The lowest BCUT2D eigenvalue weighted by Crippen LogP contribution is -2.28. The van der Waals surface area contributed by atoms with E-state index < -0.39 is 5.82 Å². The molecule has 3 aromatic rings. The molecule has 1 heterocycles. The zero-order valence-corrected chi connectivity index (χ0v) is 16.4. The van der Waals surface area contributed by atoms with E-state index in [1.165, 1.54) is 29.7 Å². The first-order chi connectivity index (χ1) is 13.0. The molecule has 0 aliphatic carbocycles. The van der Waals surface area contributed by atoms with Gasteiger partial charge in [0.1, 0.15) is 17.1 Å². The molecule has 1 aromatic heterocycles. The van der Waals surface area contributed by atoms with Gasteiger partial charge < -0.3 is 10.1 Å². The molecule has 0 fully saturated rings. The lowest BCUT2D eigenvalue weighted by Gasteiger charge is -2.12. The fourth-order valence-electron chi connectivity index (χ4n) is 2.37. The molecule has 27 heavy (non-hydrogen) atoms. The van der Waals surface area contributed by atoms with Gasteiger partial charge in [-0.05, 0) is 62.4 Å². The summed E-state index contributed by atoms with van der Waals surface area (Å²) in [6.45, 7) is 4.43. The summed E-state index contributed by atoms with van der Waals surface area (Å²) in [6, 6.07) is 13.2. The maximum absolute atomic E-state index is 13.3. The van der Waals surface area contributed by atoms with Gasteiger partial charge in [0.15, 0.2) is 0 Å². The van der Waals surface area contributed by atoms with Crippen molar-refractivity contribution in [3.8, 4) is 5.75 Å². The van der Waals surface area contributed by atoms with Crippen molar-refractivity contribution in [2.24, 2.45) is 4.99 Å². The summed E-state index contributed by atoms with van der Waals surface area (Å²) in [5.41, 5.74) is 1.46. The predicted molar refractivity (Wildman–Crippen MR) is 108 cm³/mol. The monoisotopic (exact) mass is 404 g/mol. The van der Waals surface area contributed by atoms with E-state index in [2.05, 4.69) is 10.3 Å². The second kappa shape index (κ2) is 8.37. The van der Waals surface area contributed by atoms with E-state index in [-0.39, 0.29) is 10.5 Å². The van der Waals surface area contributed by atoms with E-state index in [0.29, 0.717) is 18.3 Å². The minimum Gasteiger partial charge on any atom is -0.494 e. The van der Waals surface area contributed by atoms with Gasteiger partial charge in [-0.2, -0.15) is 0 Å². The van der Waals surface area contributed by atoms with Gasteiger partial charge in [-0.25, -0.2) is 13.3 Å². The minimum atomic E-state index is -0.430. The van der Waals surface area contributed by atoms with Gasteiger partial charge >= 0.3 is 0 Å². The van der Waals surface area contributed by atoms with Crippen molar-refractivity contribution in [2.75, 3.05) is 11.9 Å². The molecule has 140 valence electrons. The summed E-state index contributed by atoms with van der Waals surface area (Å²) in [5.74, 6) is 0.737. The van der Waals surface area contributed by atoms with Crippen LogP contribution in [0.1, 0.15) is 11.8 Å². The number of nitrogens with zero attached hydrogens (tertiary/aromatic N) is 2. The zero-order chi connectivity index (χ0) is 19.4. The van der Waals surface area contributed by atoms with Crippen LogP contribution in [0.25, 0.3) is 0 Å². The van der Waals surface area contributed by atoms with Crippen LogP contribution < -0.4 is 15.5 Å². The van der Waals surface area contributed by atoms with Gasteiger partial charge in [0.05, 0.1) is 17.3 Å². The molecule has 0 saturated carbocycles. The molecule has 5 nitrogen and oxygen atoms in total. The van der Waals surface area contributed by atoms with Crippen LogP contribution in [0.3, 0.4) is 0 Å². The lowest BCUT2D eigenvalue weighted by atomic mass is 10.3. The highest BCUT2D eigenvalue weighted by atomic mass is 35.5. The summed E-state index contributed by atoms with van der Waals surface area (Å²) in [7, 11) is 0. The highest BCUT2D eigenvalue weighted by molar-refractivity contribution is 7.07. The molecule has 0 unspecified atom stereocenters. The lowest BCUT2D eigenvalue weighted by molar-refractivity contribution is 0.340. The van der Waals surface area contributed by atoms with Gasteiger partial charge in [0.25, 0.3) is 0 Å². The summed E-state index contributed by atoms with van der Waals surface area (Å²) >= 11 is 7.50. The van der Waals surface area contributed by atoms with Gasteiger partial charge in [0.2, 0.25) is 5.96 Å². The number of rotatable bonds is 4. The standard InChI is InChI=1S/C19H18ClFN4OS/c1-3-26-15-7-5-14(6-8-15)23-19(25-18(22)10-12(2)27-25)24-17-9-4-13(21)11-16(17)20/h4-11,22H,3H2,1-2H3,(H,23,24). The average molecular weight is 405 g/mol. The first-order valence-electron chi connectivity index (χ1n) is 8.25. The van der Waals surface area contributed by atoms with Gasteiger partial charge in [-0.3, -0.25) is 5.41 Å². The largest absolute Gasteiger partial charge is 0.494 e. The van der Waals surface area contributed by atoms with Gasteiger partial charge in [0, 0.05) is 10.6 Å².